The van der Waals surface area contributed by atoms with E-state index in [4.69, 9.17) is 9.97 Å². The van der Waals surface area contributed by atoms with Crippen LogP contribution in [0.2, 0.25) is 0 Å². The minimum Gasteiger partial charge on any atom is -0.356 e. The van der Waals surface area contributed by atoms with Crippen LogP contribution >= 0.6 is 0 Å². The van der Waals surface area contributed by atoms with E-state index in [1.54, 1.807) is 18.3 Å². The molecule has 3 heterocycles. The number of amides is 2. The summed E-state index contributed by atoms with van der Waals surface area (Å²) in [6.45, 7) is 7.88. The van der Waals surface area contributed by atoms with Gasteiger partial charge in [0.05, 0.1) is 6.42 Å². The van der Waals surface area contributed by atoms with Gasteiger partial charge in [-0.1, -0.05) is 13.0 Å². The van der Waals surface area contributed by atoms with Crippen LogP contribution in [-0.2, 0) is 11.2 Å². The number of carbonyl (C=O) groups is 2. The standard InChI is InChI=1S/C22H29N5O2/c1-4-10-24-20(28)13-18-15(2)25-21(26-16(18)3)17-8-7-12-27(14-17)22(29)19-9-5-6-11-23-19/h5-6,9,11,17H,4,7-8,10,12-14H2,1-3H3,(H,24,28). The average molecular weight is 396 g/mol. The van der Waals surface area contributed by atoms with E-state index in [-0.39, 0.29) is 17.7 Å². The Morgan fingerprint density at radius 2 is 1.97 bits per heavy atom. The quantitative estimate of drug-likeness (QED) is 0.812. The fraction of sp³-hybridized carbons (Fsp3) is 0.500. The third kappa shape index (κ3) is 5.16. The molecular formula is C22H29N5O2. The van der Waals surface area contributed by atoms with Gasteiger partial charge in [0, 0.05) is 48.7 Å². The molecule has 1 aliphatic heterocycles. The van der Waals surface area contributed by atoms with Gasteiger partial charge in [0.1, 0.15) is 11.5 Å². The first-order valence-corrected chi connectivity index (χ1v) is 10.3. The molecule has 2 amide bonds. The van der Waals surface area contributed by atoms with Crippen molar-refractivity contribution in [2.24, 2.45) is 0 Å². The van der Waals surface area contributed by atoms with Gasteiger partial charge in [0.15, 0.2) is 0 Å². The molecule has 1 fully saturated rings. The lowest BCUT2D eigenvalue weighted by Crippen LogP contribution is -2.40. The fourth-order valence-electron chi connectivity index (χ4n) is 3.71. The van der Waals surface area contributed by atoms with Crippen molar-refractivity contribution in [1.29, 1.82) is 0 Å². The first-order chi connectivity index (χ1) is 14.0. The Morgan fingerprint density at radius 3 is 2.62 bits per heavy atom. The Hall–Kier alpha value is -2.83. The van der Waals surface area contributed by atoms with E-state index in [9.17, 15) is 9.59 Å². The number of carbonyl (C=O) groups excluding carboxylic acids is 2. The summed E-state index contributed by atoms with van der Waals surface area (Å²) in [5.41, 5.74) is 3.04. The number of pyridine rings is 1. The highest BCUT2D eigenvalue weighted by atomic mass is 16.2. The van der Waals surface area contributed by atoms with Gasteiger partial charge in [-0.25, -0.2) is 9.97 Å². The molecule has 7 heteroatoms. The zero-order chi connectivity index (χ0) is 20.8. The van der Waals surface area contributed by atoms with Crippen LogP contribution in [0.25, 0.3) is 0 Å². The molecule has 1 N–H and O–H groups in total. The summed E-state index contributed by atoms with van der Waals surface area (Å²) in [7, 11) is 0. The average Bonchev–Trinajstić information content (AvgIpc) is 2.74. The van der Waals surface area contributed by atoms with Crippen LogP contribution in [0.15, 0.2) is 24.4 Å². The van der Waals surface area contributed by atoms with Crippen molar-refractivity contribution in [1.82, 2.24) is 25.2 Å². The van der Waals surface area contributed by atoms with Crippen LogP contribution in [0.1, 0.15) is 65.4 Å². The SMILES string of the molecule is CCCNC(=O)Cc1c(C)nc(C2CCCN(C(=O)c3ccccn3)C2)nc1C. The van der Waals surface area contributed by atoms with E-state index < -0.39 is 0 Å². The van der Waals surface area contributed by atoms with Gasteiger partial charge in [0.2, 0.25) is 5.91 Å². The number of aromatic nitrogens is 3. The summed E-state index contributed by atoms with van der Waals surface area (Å²) in [6.07, 6.45) is 4.70. The monoisotopic (exact) mass is 395 g/mol. The maximum absolute atomic E-state index is 12.8. The molecule has 154 valence electrons. The number of hydrogen-bond donors (Lipinski definition) is 1. The molecule has 7 nitrogen and oxygen atoms in total. The molecule has 0 saturated carbocycles. The molecular weight excluding hydrogens is 366 g/mol. The maximum Gasteiger partial charge on any atom is 0.272 e. The lowest BCUT2D eigenvalue weighted by atomic mass is 9.96. The maximum atomic E-state index is 12.8. The highest BCUT2D eigenvalue weighted by Crippen LogP contribution is 2.26. The summed E-state index contributed by atoms with van der Waals surface area (Å²) in [6, 6.07) is 5.38. The molecule has 0 radical (unpaired) electrons. The molecule has 0 bridgehead atoms. The Bertz CT molecular complexity index is 846. The van der Waals surface area contributed by atoms with Crippen molar-refractivity contribution >= 4 is 11.8 Å². The third-order valence-electron chi connectivity index (χ3n) is 5.31. The van der Waals surface area contributed by atoms with Crippen molar-refractivity contribution < 1.29 is 9.59 Å². The van der Waals surface area contributed by atoms with E-state index in [0.29, 0.717) is 25.2 Å². The minimum absolute atomic E-state index is 0.000741. The third-order valence-corrected chi connectivity index (χ3v) is 5.31. The zero-order valence-corrected chi connectivity index (χ0v) is 17.4. The van der Waals surface area contributed by atoms with E-state index in [1.165, 1.54) is 0 Å². The summed E-state index contributed by atoms with van der Waals surface area (Å²) >= 11 is 0. The molecule has 0 aromatic carbocycles. The zero-order valence-electron chi connectivity index (χ0n) is 17.4. The fourth-order valence-corrected chi connectivity index (χ4v) is 3.71. The number of aryl methyl sites for hydroxylation is 2. The largest absolute Gasteiger partial charge is 0.356 e. The van der Waals surface area contributed by atoms with Crippen molar-refractivity contribution in [3.8, 4) is 0 Å². The van der Waals surface area contributed by atoms with Gasteiger partial charge >= 0.3 is 0 Å². The van der Waals surface area contributed by atoms with Crippen molar-refractivity contribution in [2.45, 2.75) is 52.4 Å². The normalized spacial score (nSPS) is 16.5. The molecule has 1 atom stereocenters. The predicted octanol–water partition coefficient (Wildman–Crippen LogP) is 2.58. The molecule has 0 spiro atoms. The lowest BCUT2D eigenvalue weighted by Gasteiger charge is -2.32. The Balaban J connectivity index is 1.73. The molecule has 2 aromatic rings. The van der Waals surface area contributed by atoms with Crippen molar-refractivity contribution in [3.63, 3.8) is 0 Å². The predicted molar refractivity (Wildman–Crippen MR) is 111 cm³/mol. The lowest BCUT2D eigenvalue weighted by molar-refractivity contribution is -0.120. The molecule has 0 aliphatic carbocycles. The Labute approximate surface area is 172 Å². The van der Waals surface area contributed by atoms with Crippen LogP contribution < -0.4 is 5.32 Å². The number of likely N-dealkylation sites (tertiary alicyclic amines) is 1. The molecule has 2 aromatic heterocycles. The first-order valence-electron chi connectivity index (χ1n) is 10.3. The van der Waals surface area contributed by atoms with Gasteiger partial charge in [-0.2, -0.15) is 0 Å². The van der Waals surface area contributed by atoms with E-state index in [2.05, 4.69) is 10.3 Å². The molecule has 3 rings (SSSR count). The number of piperidine rings is 1. The first kappa shape index (κ1) is 20.9. The van der Waals surface area contributed by atoms with Crippen molar-refractivity contribution in [3.05, 3.63) is 52.9 Å². The van der Waals surface area contributed by atoms with Gasteiger partial charge in [0.25, 0.3) is 5.91 Å². The van der Waals surface area contributed by atoms with Gasteiger partial charge < -0.3 is 10.2 Å². The number of hydrogen-bond acceptors (Lipinski definition) is 5. The number of rotatable bonds is 6. The topological polar surface area (TPSA) is 88.1 Å². The molecule has 29 heavy (non-hydrogen) atoms. The van der Waals surface area contributed by atoms with Crippen LogP contribution in [0, 0.1) is 13.8 Å². The van der Waals surface area contributed by atoms with Gasteiger partial charge in [-0.3, -0.25) is 14.6 Å². The molecule has 1 unspecified atom stereocenters. The summed E-state index contributed by atoms with van der Waals surface area (Å²) in [4.78, 5) is 40.3. The Morgan fingerprint density at radius 1 is 1.21 bits per heavy atom. The summed E-state index contributed by atoms with van der Waals surface area (Å²) < 4.78 is 0. The van der Waals surface area contributed by atoms with Gasteiger partial charge in [-0.15, -0.1) is 0 Å². The smallest absolute Gasteiger partial charge is 0.272 e. The van der Waals surface area contributed by atoms with Crippen LogP contribution in [-0.4, -0.2) is 51.3 Å². The second-order valence-electron chi connectivity index (χ2n) is 7.56. The van der Waals surface area contributed by atoms with E-state index >= 15 is 0 Å². The number of nitrogens with zero attached hydrogens (tertiary/aromatic N) is 4. The van der Waals surface area contributed by atoms with Crippen LogP contribution in [0.3, 0.4) is 0 Å². The van der Waals surface area contributed by atoms with Gasteiger partial charge in [-0.05, 0) is 45.2 Å². The second kappa shape index (κ2) is 9.58. The minimum atomic E-state index is -0.0482. The summed E-state index contributed by atoms with van der Waals surface area (Å²) in [5.74, 6) is 0.806. The second-order valence-corrected chi connectivity index (χ2v) is 7.56. The highest BCUT2D eigenvalue weighted by molar-refractivity contribution is 5.92. The summed E-state index contributed by atoms with van der Waals surface area (Å²) in [5, 5.41) is 2.90. The van der Waals surface area contributed by atoms with Crippen LogP contribution in [0.5, 0.6) is 0 Å². The van der Waals surface area contributed by atoms with Crippen molar-refractivity contribution in [2.75, 3.05) is 19.6 Å². The van der Waals surface area contributed by atoms with E-state index in [1.807, 2.05) is 31.7 Å². The van der Waals surface area contributed by atoms with E-state index in [0.717, 1.165) is 48.6 Å². The van der Waals surface area contributed by atoms with Crippen LogP contribution in [0.4, 0.5) is 0 Å². The number of nitrogens with one attached hydrogen (secondary N) is 1. The Kier molecular flexibility index (Phi) is 6.90. The molecule has 1 saturated heterocycles. The molecule has 1 aliphatic rings. The highest BCUT2D eigenvalue weighted by Gasteiger charge is 2.28.